The monoisotopic (exact) mass is 240 g/mol. The Labute approximate surface area is 99.0 Å². The van der Waals surface area contributed by atoms with Crippen molar-refractivity contribution in [1.29, 1.82) is 5.26 Å². The fourth-order valence-electron chi connectivity index (χ4n) is 1.40. The van der Waals surface area contributed by atoms with Crippen LogP contribution in [0.2, 0.25) is 0 Å². The second-order valence-corrected chi connectivity index (χ2v) is 3.84. The molecule has 1 aromatic rings. The molecule has 1 aromatic carbocycles. The lowest BCUT2D eigenvalue weighted by molar-refractivity contribution is 0.164. The quantitative estimate of drug-likeness (QED) is 0.860. The van der Waals surface area contributed by atoms with E-state index in [1.54, 1.807) is 13.2 Å². The van der Waals surface area contributed by atoms with Gasteiger partial charge >= 0.3 is 0 Å². The third-order valence-corrected chi connectivity index (χ3v) is 2.29. The first kappa shape index (κ1) is 13.4. The lowest BCUT2D eigenvalue weighted by atomic mass is 10.1. The van der Waals surface area contributed by atoms with Gasteiger partial charge in [-0.15, -0.1) is 0 Å². The number of nitriles is 1. The third-order valence-electron chi connectivity index (χ3n) is 2.29. The van der Waals surface area contributed by atoms with Gasteiger partial charge in [0.25, 0.3) is 0 Å². The maximum atomic E-state index is 13.5. The molecule has 0 bridgehead atoms. The molecule has 0 spiro atoms. The molecule has 1 atom stereocenters. The number of rotatable bonds is 5. The summed E-state index contributed by atoms with van der Waals surface area (Å²) in [5.41, 5.74) is -0.234. The summed E-state index contributed by atoms with van der Waals surface area (Å²) in [6.07, 6.45) is 0. The third kappa shape index (κ3) is 3.40. The summed E-state index contributed by atoms with van der Waals surface area (Å²) in [6.45, 7) is 2.93. The topological polar surface area (TPSA) is 45.0 Å². The van der Waals surface area contributed by atoms with E-state index in [4.69, 9.17) is 10.00 Å². The van der Waals surface area contributed by atoms with Gasteiger partial charge in [0.05, 0.1) is 17.9 Å². The molecule has 0 aliphatic heterocycles. The van der Waals surface area contributed by atoms with Crippen LogP contribution in [-0.4, -0.2) is 20.3 Å². The molecule has 0 heterocycles. The second-order valence-electron chi connectivity index (χ2n) is 3.84. The van der Waals surface area contributed by atoms with Gasteiger partial charge < -0.3 is 10.1 Å². The molecular formula is C12H14F2N2O. The zero-order valence-electron chi connectivity index (χ0n) is 9.76. The van der Waals surface area contributed by atoms with E-state index < -0.39 is 11.6 Å². The van der Waals surface area contributed by atoms with Crippen LogP contribution in [0.1, 0.15) is 12.5 Å². The van der Waals surface area contributed by atoms with Gasteiger partial charge in [-0.3, -0.25) is 0 Å². The first-order valence-electron chi connectivity index (χ1n) is 5.21. The molecule has 0 saturated heterocycles. The first-order valence-corrected chi connectivity index (χ1v) is 5.21. The number of anilines is 1. The summed E-state index contributed by atoms with van der Waals surface area (Å²) in [5.74, 6) is -1.95. The van der Waals surface area contributed by atoms with Gasteiger partial charge in [-0.2, -0.15) is 5.26 Å². The predicted octanol–water partition coefficient (Wildman–Crippen LogP) is 2.53. The van der Waals surface area contributed by atoms with E-state index in [0.717, 1.165) is 0 Å². The molecule has 0 aliphatic carbocycles. The SMILES string of the molecule is COCC(C)CNc1ccc(C#N)c(F)c1F. The van der Waals surface area contributed by atoms with Crippen molar-refractivity contribution in [3.05, 3.63) is 29.3 Å². The van der Waals surface area contributed by atoms with Crippen LogP contribution in [0, 0.1) is 28.9 Å². The molecule has 0 fully saturated rings. The average Bonchev–Trinajstić information content (AvgIpc) is 2.31. The minimum Gasteiger partial charge on any atom is -0.384 e. The summed E-state index contributed by atoms with van der Waals surface area (Å²) < 4.78 is 31.7. The van der Waals surface area contributed by atoms with Crippen molar-refractivity contribution in [2.45, 2.75) is 6.92 Å². The van der Waals surface area contributed by atoms with Crippen molar-refractivity contribution in [2.24, 2.45) is 5.92 Å². The predicted molar refractivity (Wildman–Crippen MR) is 60.6 cm³/mol. The fourth-order valence-corrected chi connectivity index (χ4v) is 1.40. The van der Waals surface area contributed by atoms with Crippen LogP contribution in [0.3, 0.4) is 0 Å². The normalized spacial score (nSPS) is 11.9. The standard InChI is InChI=1S/C12H14F2N2O/c1-8(7-17-2)6-16-10-4-3-9(5-15)11(13)12(10)14/h3-4,8,16H,6-7H2,1-2H3. The van der Waals surface area contributed by atoms with E-state index in [1.807, 2.05) is 6.92 Å². The number of hydrogen-bond donors (Lipinski definition) is 1. The molecule has 0 amide bonds. The van der Waals surface area contributed by atoms with Crippen molar-refractivity contribution in [1.82, 2.24) is 0 Å². The molecular weight excluding hydrogens is 226 g/mol. The average molecular weight is 240 g/mol. The van der Waals surface area contributed by atoms with Crippen LogP contribution in [0.4, 0.5) is 14.5 Å². The van der Waals surface area contributed by atoms with E-state index >= 15 is 0 Å². The number of halogens is 2. The Kier molecular flexibility index (Phi) is 4.85. The number of hydrogen-bond acceptors (Lipinski definition) is 3. The fraction of sp³-hybridized carbons (Fsp3) is 0.417. The number of methoxy groups -OCH3 is 1. The van der Waals surface area contributed by atoms with E-state index in [1.165, 1.54) is 12.1 Å². The zero-order valence-corrected chi connectivity index (χ0v) is 9.76. The lowest BCUT2D eigenvalue weighted by Gasteiger charge is -2.13. The largest absolute Gasteiger partial charge is 0.384 e. The Bertz CT molecular complexity index is 429. The van der Waals surface area contributed by atoms with Gasteiger partial charge in [-0.25, -0.2) is 8.78 Å². The van der Waals surface area contributed by atoms with Crippen molar-refractivity contribution < 1.29 is 13.5 Å². The molecule has 1 N–H and O–H groups in total. The van der Waals surface area contributed by atoms with Crippen LogP contribution in [0.5, 0.6) is 0 Å². The maximum absolute atomic E-state index is 13.5. The van der Waals surface area contributed by atoms with E-state index in [-0.39, 0.29) is 17.2 Å². The van der Waals surface area contributed by atoms with E-state index in [0.29, 0.717) is 13.2 Å². The second kappa shape index (κ2) is 6.16. The molecule has 17 heavy (non-hydrogen) atoms. The van der Waals surface area contributed by atoms with Gasteiger partial charge in [0.15, 0.2) is 11.6 Å². The zero-order chi connectivity index (χ0) is 12.8. The summed E-state index contributed by atoms with van der Waals surface area (Å²) in [5, 5.41) is 11.3. The summed E-state index contributed by atoms with van der Waals surface area (Å²) in [4.78, 5) is 0. The maximum Gasteiger partial charge on any atom is 0.183 e. The Morgan fingerprint density at radius 1 is 1.41 bits per heavy atom. The van der Waals surface area contributed by atoms with Crippen LogP contribution in [0.25, 0.3) is 0 Å². The van der Waals surface area contributed by atoms with Crippen LogP contribution >= 0.6 is 0 Å². The van der Waals surface area contributed by atoms with Gasteiger partial charge in [0.1, 0.15) is 6.07 Å². The Balaban J connectivity index is 2.73. The van der Waals surface area contributed by atoms with E-state index in [9.17, 15) is 8.78 Å². The number of nitrogens with zero attached hydrogens (tertiary/aromatic N) is 1. The minimum absolute atomic E-state index is 0.0597. The smallest absolute Gasteiger partial charge is 0.183 e. The highest BCUT2D eigenvalue weighted by Gasteiger charge is 2.13. The summed E-state index contributed by atoms with van der Waals surface area (Å²) in [7, 11) is 1.58. The first-order chi connectivity index (χ1) is 8.10. The minimum atomic E-state index is -1.11. The Morgan fingerprint density at radius 3 is 2.71 bits per heavy atom. The molecule has 0 radical (unpaired) electrons. The van der Waals surface area contributed by atoms with Crippen molar-refractivity contribution in [2.75, 3.05) is 25.6 Å². The van der Waals surface area contributed by atoms with Gasteiger partial charge in [-0.1, -0.05) is 6.92 Å². The molecule has 0 saturated carbocycles. The highest BCUT2D eigenvalue weighted by Crippen LogP contribution is 2.20. The molecule has 0 aliphatic rings. The Morgan fingerprint density at radius 2 is 2.12 bits per heavy atom. The summed E-state index contributed by atoms with van der Waals surface area (Å²) >= 11 is 0. The lowest BCUT2D eigenvalue weighted by Crippen LogP contribution is -2.16. The number of benzene rings is 1. The van der Waals surface area contributed by atoms with Crippen LogP contribution < -0.4 is 5.32 Å². The highest BCUT2D eigenvalue weighted by molar-refractivity contribution is 5.49. The highest BCUT2D eigenvalue weighted by atomic mass is 19.2. The van der Waals surface area contributed by atoms with Gasteiger partial charge in [-0.05, 0) is 18.1 Å². The molecule has 0 aromatic heterocycles. The van der Waals surface area contributed by atoms with Crippen LogP contribution in [-0.2, 0) is 4.74 Å². The molecule has 3 nitrogen and oxygen atoms in total. The van der Waals surface area contributed by atoms with Crippen molar-refractivity contribution in [3.63, 3.8) is 0 Å². The molecule has 1 unspecified atom stereocenters. The molecule has 1 rings (SSSR count). The van der Waals surface area contributed by atoms with E-state index in [2.05, 4.69) is 5.32 Å². The van der Waals surface area contributed by atoms with Crippen LogP contribution in [0.15, 0.2) is 12.1 Å². The van der Waals surface area contributed by atoms with Crippen molar-refractivity contribution >= 4 is 5.69 Å². The van der Waals surface area contributed by atoms with Gasteiger partial charge in [0, 0.05) is 13.7 Å². The number of nitrogens with one attached hydrogen (secondary N) is 1. The Hall–Kier alpha value is -1.67. The van der Waals surface area contributed by atoms with Gasteiger partial charge in [0.2, 0.25) is 0 Å². The number of ether oxygens (including phenoxy) is 1. The van der Waals surface area contributed by atoms with Crippen molar-refractivity contribution in [3.8, 4) is 6.07 Å². The molecule has 92 valence electrons. The summed E-state index contributed by atoms with van der Waals surface area (Å²) in [6, 6.07) is 4.20. The molecule has 5 heteroatoms.